The van der Waals surface area contributed by atoms with Gasteiger partial charge in [-0.3, -0.25) is 0 Å². The summed E-state index contributed by atoms with van der Waals surface area (Å²) in [6, 6.07) is 0. The summed E-state index contributed by atoms with van der Waals surface area (Å²) in [6.45, 7) is 5.61. The molecule has 0 radical (unpaired) electrons. The molecule has 0 atom stereocenters. The van der Waals surface area contributed by atoms with Crippen molar-refractivity contribution in [2.45, 2.75) is 46.0 Å². The van der Waals surface area contributed by atoms with Crippen LogP contribution >= 0.6 is 0 Å². The van der Waals surface area contributed by atoms with Crippen LogP contribution in [0.5, 0.6) is 0 Å². The molecule has 0 aliphatic carbocycles. The van der Waals surface area contributed by atoms with Crippen LogP contribution in [0.25, 0.3) is 0 Å². The number of alkyl halides is 2. The van der Waals surface area contributed by atoms with Crippen LogP contribution in [0.1, 0.15) is 46.0 Å². The molecule has 12 heavy (non-hydrogen) atoms. The van der Waals surface area contributed by atoms with E-state index in [2.05, 4.69) is 19.2 Å². The van der Waals surface area contributed by atoms with Gasteiger partial charge in [0.05, 0.1) is 0 Å². The molecule has 2 heteroatoms. The van der Waals surface area contributed by atoms with Crippen molar-refractivity contribution in [3.05, 3.63) is 0 Å². The average Bonchev–Trinajstić information content (AvgIpc) is 2.10. The molecule has 0 spiro atoms. The van der Waals surface area contributed by atoms with Crippen molar-refractivity contribution in [3.8, 4) is 0 Å². The van der Waals surface area contributed by atoms with Crippen molar-refractivity contribution < 1.29 is 21.2 Å². The molecule has 0 unspecified atom stereocenters. The second kappa shape index (κ2) is 11.7. The fraction of sp³-hybridized carbons (Fsp3) is 1.00. The molecule has 0 amide bonds. The van der Waals surface area contributed by atoms with Gasteiger partial charge in [0.2, 0.25) is 0 Å². The fourth-order valence-electron chi connectivity index (χ4n) is 1.02. The van der Waals surface area contributed by atoms with Gasteiger partial charge in [0.25, 0.3) is 0 Å². The van der Waals surface area contributed by atoms with E-state index in [1.165, 1.54) is 41.1 Å². The van der Waals surface area contributed by atoms with Crippen molar-refractivity contribution in [1.82, 2.24) is 5.32 Å². The van der Waals surface area contributed by atoms with E-state index in [0.29, 0.717) is 21.2 Å². The monoisotopic (exact) mass is 284 g/mol. The summed E-state index contributed by atoms with van der Waals surface area (Å²) in [4.78, 5) is 0. The second-order valence-corrected chi connectivity index (χ2v) is 5.95. The summed E-state index contributed by atoms with van der Waals surface area (Å²) in [5, 5.41) is 3.40. The van der Waals surface area contributed by atoms with Gasteiger partial charge >= 0.3 is 88.0 Å². The van der Waals surface area contributed by atoms with Crippen molar-refractivity contribution >= 4 is 0 Å². The van der Waals surface area contributed by atoms with E-state index in [0.717, 1.165) is 6.54 Å². The van der Waals surface area contributed by atoms with Gasteiger partial charge in [-0.2, -0.15) is 0 Å². The molecule has 0 aliphatic rings. The fourth-order valence-corrected chi connectivity index (χ4v) is 3.40. The number of hydrogen-bond donors (Lipinski definition) is 1. The standard InChI is InChI=1S/C10H23IN/c1-3-5-6-7-8-9-11-10-12-4-2/h12H,3-10H2,1-2H3/q-1. The normalized spacial score (nSPS) is 10.8. The quantitative estimate of drug-likeness (QED) is 0.263. The maximum absolute atomic E-state index is 3.40. The summed E-state index contributed by atoms with van der Waals surface area (Å²) in [6.07, 6.45) is 7.22. The third-order valence-electron chi connectivity index (χ3n) is 1.81. The van der Waals surface area contributed by atoms with Gasteiger partial charge in [-0.05, 0) is 0 Å². The van der Waals surface area contributed by atoms with E-state index in [4.69, 9.17) is 0 Å². The minimum absolute atomic E-state index is 0.485. The van der Waals surface area contributed by atoms with Crippen LogP contribution in [0, 0.1) is 0 Å². The number of hydrogen-bond acceptors (Lipinski definition) is 1. The molecule has 1 nitrogen and oxygen atoms in total. The first-order chi connectivity index (χ1) is 5.91. The van der Waals surface area contributed by atoms with Crippen molar-refractivity contribution in [1.29, 1.82) is 0 Å². The summed E-state index contributed by atoms with van der Waals surface area (Å²) in [7, 11) is 0. The first-order valence-corrected chi connectivity index (χ1v) is 8.21. The molecule has 0 saturated heterocycles. The molecular weight excluding hydrogens is 261 g/mol. The predicted molar refractivity (Wildman–Crippen MR) is 52.2 cm³/mol. The number of rotatable bonds is 9. The first kappa shape index (κ1) is 12.7. The van der Waals surface area contributed by atoms with Gasteiger partial charge in [-0.15, -0.1) is 0 Å². The minimum atomic E-state index is 0.485. The van der Waals surface area contributed by atoms with Crippen LogP contribution in [-0.4, -0.2) is 15.5 Å². The Balaban J connectivity index is 2.73. The summed E-state index contributed by atoms with van der Waals surface area (Å²) >= 11 is 0.485. The van der Waals surface area contributed by atoms with Crippen LogP contribution in [0.3, 0.4) is 0 Å². The Morgan fingerprint density at radius 1 is 1.00 bits per heavy atom. The predicted octanol–water partition coefficient (Wildman–Crippen LogP) is -0.387. The zero-order valence-electron chi connectivity index (χ0n) is 8.53. The third kappa shape index (κ3) is 10.7. The van der Waals surface area contributed by atoms with Crippen LogP contribution in [0.15, 0.2) is 0 Å². The Bertz CT molecular complexity index is 66.2. The van der Waals surface area contributed by atoms with Gasteiger partial charge in [-0.25, -0.2) is 0 Å². The molecule has 0 aromatic rings. The molecule has 0 bridgehead atoms. The first-order valence-electron chi connectivity index (χ1n) is 5.16. The Kier molecular flexibility index (Phi) is 12.4. The summed E-state index contributed by atoms with van der Waals surface area (Å²) < 4.78 is 2.85. The van der Waals surface area contributed by atoms with E-state index in [9.17, 15) is 0 Å². The Morgan fingerprint density at radius 2 is 1.75 bits per heavy atom. The number of unbranched alkanes of at least 4 members (excludes halogenated alkanes) is 4. The van der Waals surface area contributed by atoms with Gasteiger partial charge in [0.1, 0.15) is 0 Å². The van der Waals surface area contributed by atoms with E-state index < -0.39 is 0 Å². The van der Waals surface area contributed by atoms with Crippen molar-refractivity contribution in [2.75, 3.05) is 15.5 Å². The molecule has 0 aromatic heterocycles. The van der Waals surface area contributed by atoms with Crippen LogP contribution in [0.4, 0.5) is 0 Å². The molecule has 0 fully saturated rings. The second-order valence-electron chi connectivity index (χ2n) is 3.03. The number of halogens is 1. The van der Waals surface area contributed by atoms with Crippen molar-refractivity contribution in [2.24, 2.45) is 0 Å². The number of nitrogens with one attached hydrogen (secondary N) is 1. The molecule has 0 heterocycles. The zero-order chi connectivity index (χ0) is 9.07. The van der Waals surface area contributed by atoms with E-state index >= 15 is 0 Å². The Labute approximate surface area is 88.0 Å². The van der Waals surface area contributed by atoms with Crippen LogP contribution in [-0.2, 0) is 0 Å². The van der Waals surface area contributed by atoms with Gasteiger partial charge < -0.3 is 0 Å². The van der Waals surface area contributed by atoms with Crippen molar-refractivity contribution in [3.63, 3.8) is 0 Å². The topological polar surface area (TPSA) is 12.0 Å². The molecule has 76 valence electrons. The van der Waals surface area contributed by atoms with E-state index in [1.54, 1.807) is 0 Å². The van der Waals surface area contributed by atoms with E-state index in [1.807, 2.05) is 0 Å². The van der Waals surface area contributed by atoms with Crippen LogP contribution in [0.2, 0.25) is 0 Å². The molecule has 1 N–H and O–H groups in total. The molecule has 0 aromatic carbocycles. The Hall–Kier alpha value is 0.690. The Morgan fingerprint density at radius 3 is 2.42 bits per heavy atom. The maximum atomic E-state index is 3.40. The molecule has 0 saturated carbocycles. The van der Waals surface area contributed by atoms with E-state index in [-0.39, 0.29) is 0 Å². The van der Waals surface area contributed by atoms with Gasteiger partial charge in [-0.1, -0.05) is 0 Å². The molecular formula is C10H23IN-. The summed E-state index contributed by atoms with van der Waals surface area (Å²) in [5.74, 6) is 0. The zero-order valence-corrected chi connectivity index (χ0v) is 10.7. The SMILES string of the molecule is CCCCCCC[I-]CNCC. The molecule has 0 aliphatic heterocycles. The molecule has 0 rings (SSSR count). The van der Waals surface area contributed by atoms with Gasteiger partial charge in [0, 0.05) is 0 Å². The average molecular weight is 284 g/mol. The summed E-state index contributed by atoms with van der Waals surface area (Å²) in [5.41, 5.74) is 0. The third-order valence-corrected chi connectivity index (χ3v) is 4.41. The van der Waals surface area contributed by atoms with Crippen LogP contribution < -0.4 is 26.5 Å². The van der Waals surface area contributed by atoms with Gasteiger partial charge in [0.15, 0.2) is 0 Å².